The van der Waals surface area contributed by atoms with Gasteiger partial charge in [0.1, 0.15) is 11.6 Å². The Labute approximate surface area is 211 Å². The second-order valence-corrected chi connectivity index (χ2v) is 9.38. The molecule has 4 rings (SSSR count). The van der Waals surface area contributed by atoms with Crippen LogP contribution in [0.15, 0.2) is 60.7 Å². The maximum atomic E-state index is 12.5. The molecule has 36 heavy (non-hydrogen) atoms. The standard InChI is InChI=1S/C28H32N2O6/c31-25-13-15-29(23(19-25)17-21-7-3-1-4-8-21)35-27(33)11-12-28(34)36-30-16-14-26(32)20-24(30)18-22-9-5-2-6-10-22/h1-10,23-24H,11-20H2. The highest BCUT2D eigenvalue weighted by Gasteiger charge is 2.32. The number of nitrogens with zero attached hydrogens (tertiary/aromatic N) is 2. The number of carbonyl (C=O) groups excluding carboxylic acids is 4. The minimum atomic E-state index is -0.533. The van der Waals surface area contributed by atoms with Crippen molar-refractivity contribution in [3.05, 3.63) is 71.8 Å². The second-order valence-electron chi connectivity index (χ2n) is 9.38. The van der Waals surface area contributed by atoms with Crippen LogP contribution in [-0.2, 0) is 41.7 Å². The van der Waals surface area contributed by atoms with Crippen LogP contribution in [0.3, 0.4) is 0 Å². The SMILES string of the molecule is O=C1CCN(OC(=O)CCC(=O)ON2CCC(=O)CC2Cc2ccccc2)C(Cc2ccccc2)C1. The lowest BCUT2D eigenvalue weighted by Gasteiger charge is -2.33. The summed E-state index contributed by atoms with van der Waals surface area (Å²) in [6.07, 6.45) is 2.24. The summed E-state index contributed by atoms with van der Waals surface area (Å²) in [5, 5.41) is 3.16. The molecule has 2 aromatic carbocycles. The van der Waals surface area contributed by atoms with E-state index in [-0.39, 0.29) is 36.5 Å². The molecule has 0 radical (unpaired) electrons. The zero-order valence-corrected chi connectivity index (χ0v) is 20.3. The lowest BCUT2D eigenvalue weighted by molar-refractivity contribution is -0.214. The summed E-state index contributed by atoms with van der Waals surface area (Å²) in [5.74, 6) is -0.767. The zero-order chi connectivity index (χ0) is 25.3. The van der Waals surface area contributed by atoms with Gasteiger partial charge in [0.2, 0.25) is 0 Å². The van der Waals surface area contributed by atoms with Gasteiger partial charge in [-0.1, -0.05) is 60.7 Å². The molecule has 0 aromatic heterocycles. The second kappa shape index (κ2) is 12.6. The molecule has 0 aliphatic carbocycles. The lowest BCUT2D eigenvalue weighted by Crippen LogP contribution is -2.45. The van der Waals surface area contributed by atoms with Crippen LogP contribution < -0.4 is 0 Å². The van der Waals surface area contributed by atoms with Crippen molar-refractivity contribution in [1.29, 1.82) is 0 Å². The van der Waals surface area contributed by atoms with Crippen molar-refractivity contribution < 1.29 is 28.9 Å². The molecular formula is C28H32N2O6. The van der Waals surface area contributed by atoms with E-state index in [4.69, 9.17) is 9.68 Å². The first-order valence-electron chi connectivity index (χ1n) is 12.5. The van der Waals surface area contributed by atoms with Crippen LogP contribution in [-0.4, -0.2) is 58.8 Å². The smallest absolute Gasteiger partial charge is 0.325 e. The molecule has 2 fully saturated rings. The van der Waals surface area contributed by atoms with Crippen molar-refractivity contribution in [2.24, 2.45) is 0 Å². The van der Waals surface area contributed by atoms with Crippen LogP contribution in [0.4, 0.5) is 0 Å². The van der Waals surface area contributed by atoms with E-state index in [2.05, 4.69) is 0 Å². The van der Waals surface area contributed by atoms with Gasteiger partial charge in [0, 0.05) is 38.8 Å². The minimum absolute atomic E-state index is 0.128. The Morgan fingerprint density at radius 3 is 1.44 bits per heavy atom. The molecule has 2 heterocycles. The fourth-order valence-corrected chi connectivity index (χ4v) is 4.69. The average Bonchev–Trinajstić information content (AvgIpc) is 2.87. The van der Waals surface area contributed by atoms with Gasteiger partial charge in [0.05, 0.1) is 24.9 Å². The number of benzene rings is 2. The molecule has 2 aliphatic rings. The Hall–Kier alpha value is -3.36. The van der Waals surface area contributed by atoms with Gasteiger partial charge in [-0.3, -0.25) is 19.2 Å². The quantitative estimate of drug-likeness (QED) is 0.527. The van der Waals surface area contributed by atoms with Crippen molar-refractivity contribution >= 4 is 23.5 Å². The van der Waals surface area contributed by atoms with Gasteiger partial charge < -0.3 is 9.68 Å². The highest BCUT2D eigenvalue weighted by molar-refractivity contribution is 5.81. The average molecular weight is 493 g/mol. The van der Waals surface area contributed by atoms with Crippen LogP contribution in [0, 0.1) is 0 Å². The Morgan fingerprint density at radius 2 is 1.06 bits per heavy atom. The third-order valence-corrected chi connectivity index (χ3v) is 6.56. The molecule has 2 saturated heterocycles. The Balaban J connectivity index is 1.26. The third-order valence-electron chi connectivity index (χ3n) is 6.56. The first-order chi connectivity index (χ1) is 17.5. The third kappa shape index (κ3) is 7.57. The topological polar surface area (TPSA) is 93.2 Å². The molecule has 0 bridgehead atoms. The first-order valence-corrected chi connectivity index (χ1v) is 12.5. The normalized spacial score (nSPS) is 21.2. The van der Waals surface area contributed by atoms with Gasteiger partial charge in [-0.05, 0) is 24.0 Å². The van der Waals surface area contributed by atoms with E-state index in [1.165, 1.54) is 0 Å². The number of hydroxylamine groups is 4. The molecule has 8 heteroatoms. The monoisotopic (exact) mass is 492 g/mol. The van der Waals surface area contributed by atoms with Crippen LogP contribution in [0.1, 0.15) is 49.7 Å². The molecule has 0 N–H and O–H groups in total. The van der Waals surface area contributed by atoms with Gasteiger partial charge >= 0.3 is 11.9 Å². The van der Waals surface area contributed by atoms with Crippen LogP contribution in [0.25, 0.3) is 0 Å². The van der Waals surface area contributed by atoms with Crippen LogP contribution >= 0.6 is 0 Å². The molecular weight excluding hydrogens is 460 g/mol. The summed E-state index contributed by atoms with van der Waals surface area (Å²) in [5.41, 5.74) is 2.12. The number of piperidine rings is 2. The molecule has 2 aliphatic heterocycles. The summed E-state index contributed by atoms with van der Waals surface area (Å²) in [7, 11) is 0. The van der Waals surface area contributed by atoms with Crippen molar-refractivity contribution in [3.63, 3.8) is 0 Å². The molecule has 2 unspecified atom stereocenters. The Morgan fingerprint density at radius 1 is 0.667 bits per heavy atom. The summed E-state index contributed by atoms with van der Waals surface area (Å²) in [6.45, 7) is 0.686. The van der Waals surface area contributed by atoms with Gasteiger partial charge in [-0.2, -0.15) is 0 Å². The number of hydrogen-bond acceptors (Lipinski definition) is 8. The predicted octanol–water partition coefficient (Wildman–Crippen LogP) is 3.24. The maximum absolute atomic E-state index is 12.5. The number of carbonyl (C=O) groups is 4. The summed E-state index contributed by atoms with van der Waals surface area (Å²) < 4.78 is 0. The molecule has 0 saturated carbocycles. The van der Waals surface area contributed by atoms with E-state index < -0.39 is 11.9 Å². The fourth-order valence-electron chi connectivity index (χ4n) is 4.69. The van der Waals surface area contributed by atoms with E-state index in [1.807, 2.05) is 60.7 Å². The molecule has 0 spiro atoms. The first kappa shape index (κ1) is 25.7. The van der Waals surface area contributed by atoms with Crippen molar-refractivity contribution in [1.82, 2.24) is 10.1 Å². The minimum Gasteiger partial charge on any atom is -0.368 e. The molecule has 190 valence electrons. The maximum Gasteiger partial charge on any atom is 0.325 e. The summed E-state index contributed by atoms with van der Waals surface area (Å²) in [4.78, 5) is 60.2. The number of Topliss-reactive ketones (excluding diaryl/α,β-unsaturated/α-hetero) is 2. The Bertz CT molecular complexity index is 973. The van der Waals surface area contributed by atoms with Crippen LogP contribution in [0.5, 0.6) is 0 Å². The van der Waals surface area contributed by atoms with Crippen molar-refractivity contribution in [2.75, 3.05) is 13.1 Å². The summed E-state index contributed by atoms with van der Waals surface area (Å²) >= 11 is 0. The number of ketones is 2. The number of hydrogen-bond donors (Lipinski definition) is 0. The van der Waals surface area contributed by atoms with Gasteiger partial charge in [-0.25, -0.2) is 0 Å². The fraction of sp³-hybridized carbons (Fsp3) is 0.429. The van der Waals surface area contributed by atoms with E-state index in [0.29, 0.717) is 51.6 Å². The van der Waals surface area contributed by atoms with E-state index in [0.717, 1.165) is 11.1 Å². The molecule has 8 nitrogen and oxygen atoms in total. The zero-order valence-electron chi connectivity index (χ0n) is 20.3. The molecule has 2 aromatic rings. The van der Waals surface area contributed by atoms with Crippen LogP contribution in [0.2, 0.25) is 0 Å². The molecule has 2 atom stereocenters. The van der Waals surface area contributed by atoms with E-state index in [9.17, 15) is 19.2 Å². The van der Waals surface area contributed by atoms with Gasteiger partial charge in [-0.15, -0.1) is 10.1 Å². The van der Waals surface area contributed by atoms with E-state index >= 15 is 0 Å². The largest absolute Gasteiger partial charge is 0.368 e. The Kier molecular flexibility index (Phi) is 8.97. The highest BCUT2D eigenvalue weighted by Crippen LogP contribution is 2.21. The van der Waals surface area contributed by atoms with Crippen molar-refractivity contribution in [2.45, 2.75) is 63.5 Å². The molecule has 0 amide bonds. The van der Waals surface area contributed by atoms with Gasteiger partial charge in [0.25, 0.3) is 0 Å². The lowest BCUT2D eigenvalue weighted by atomic mass is 9.96. The number of rotatable bonds is 9. The predicted molar refractivity (Wildman–Crippen MR) is 131 cm³/mol. The van der Waals surface area contributed by atoms with Gasteiger partial charge in [0.15, 0.2) is 0 Å². The highest BCUT2D eigenvalue weighted by atomic mass is 16.7. The van der Waals surface area contributed by atoms with E-state index in [1.54, 1.807) is 10.1 Å². The van der Waals surface area contributed by atoms with Crippen molar-refractivity contribution in [3.8, 4) is 0 Å². The summed E-state index contributed by atoms with van der Waals surface area (Å²) in [6, 6.07) is 19.1.